The maximum Gasteiger partial charge on any atom is 0.226 e. The van der Waals surface area contributed by atoms with Crippen molar-refractivity contribution in [3.63, 3.8) is 0 Å². The van der Waals surface area contributed by atoms with Gasteiger partial charge in [-0.3, -0.25) is 4.79 Å². The van der Waals surface area contributed by atoms with E-state index in [-0.39, 0.29) is 5.91 Å². The van der Waals surface area contributed by atoms with Gasteiger partial charge in [-0.25, -0.2) is 9.97 Å². The summed E-state index contributed by atoms with van der Waals surface area (Å²) in [6, 6.07) is 25.5. The van der Waals surface area contributed by atoms with E-state index in [2.05, 4.69) is 22.0 Å². The Balaban J connectivity index is 1.54. The van der Waals surface area contributed by atoms with Gasteiger partial charge in [0, 0.05) is 24.0 Å². The molecule has 0 aliphatic carbocycles. The van der Waals surface area contributed by atoms with Crippen LogP contribution in [0.1, 0.15) is 6.42 Å². The zero-order valence-corrected chi connectivity index (χ0v) is 15.2. The van der Waals surface area contributed by atoms with Crippen LogP contribution in [0, 0.1) is 0 Å². The number of aryl methyl sites for hydroxylation is 1. The highest BCUT2D eigenvalue weighted by Crippen LogP contribution is 2.28. The fourth-order valence-electron chi connectivity index (χ4n) is 3.57. The minimum Gasteiger partial charge on any atom is -0.326 e. The van der Waals surface area contributed by atoms with Gasteiger partial charge in [0.15, 0.2) is 5.65 Å². The van der Waals surface area contributed by atoms with Crippen molar-refractivity contribution in [2.24, 2.45) is 0 Å². The quantitative estimate of drug-likeness (QED) is 0.498. The molecule has 5 heteroatoms. The Kier molecular flexibility index (Phi) is 3.98. The summed E-state index contributed by atoms with van der Waals surface area (Å²) in [5, 5.41) is 4.00. The number of aromatic nitrogens is 3. The second-order valence-corrected chi connectivity index (χ2v) is 6.72. The highest BCUT2D eigenvalue weighted by Gasteiger charge is 2.15. The van der Waals surface area contributed by atoms with Gasteiger partial charge in [0.25, 0.3) is 0 Å². The number of nitrogens with zero attached hydrogens (tertiary/aromatic N) is 3. The smallest absolute Gasteiger partial charge is 0.226 e. The van der Waals surface area contributed by atoms with Crippen molar-refractivity contribution in [3.05, 3.63) is 78.9 Å². The molecule has 2 heterocycles. The van der Waals surface area contributed by atoms with Crippen LogP contribution in [0.25, 0.3) is 33.1 Å². The van der Waals surface area contributed by atoms with Crippen LogP contribution in [0.15, 0.2) is 78.9 Å². The number of para-hydroxylation sites is 4. The van der Waals surface area contributed by atoms with Crippen LogP contribution >= 0.6 is 0 Å². The van der Waals surface area contributed by atoms with Crippen molar-refractivity contribution in [1.29, 1.82) is 0 Å². The molecule has 5 nitrogen and oxygen atoms in total. The maximum absolute atomic E-state index is 12.4. The van der Waals surface area contributed by atoms with Gasteiger partial charge >= 0.3 is 0 Å². The molecule has 3 aromatic carbocycles. The molecule has 136 valence electrons. The Labute approximate surface area is 161 Å². The number of fused-ring (bicyclic) bond motifs is 4. The van der Waals surface area contributed by atoms with Gasteiger partial charge in [-0.1, -0.05) is 48.5 Å². The topological polar surface area (TPSA) is 59.8 Å². The summed E-state index contributed by atoms with van der Waals surface area (Å²) in [6.07, 6.45) is 0.358. The maximum atomic E-state index is 12.4. The predicted octanol–water partition coefficient (Wildman–Crippen LogP) is 4.77. The van der Waals surface area contributed by atoms with Gasteiger partial charge in [-0.05, 0) is 30.3 Å². The molecule has 0 spiro atoms. The van der Waals surface area contributed by atoms with Crippen LogP contribution < -0.4 is 5.32 Å². The Morgan fingerprint density at radius 1 is 0.821 bits per heavy atom. The van der Waals surface area contributed by atoms with Gasteiger partial charge in [0.05, 0.1) is 16.6 Å². The van der Waals surface area contributed by atoms with Crippen LogP contribution in [0.4, 0.5) is 5.69 Å². The van der Waals surface area contributed by atoms with E-state index in [1.165, 1.54) is 0 Å². The Morgan fingerprint density at radius 2 is 1.50 bits per heavy atom. The number of carbonyl (C=O) groups excluding carboxylic acids is 1. The van der Waals surface area contributed by atoms with E-state index in [0.29, 0.717) is 13.0 Å². The lowest BCUT2D eigenvalue weighted by atomic mass is 10.2. The zero-order chi connectivity index (χ0) is 18.9. The molecule has 5 rings (SSSR count). The number of benzene rings is 3. The lowest BCUT2D eigenvalue weighted by Crippen LogP contribution is -2.14. The number of nitrogens with one attached hydrogen (secondary N) is 1. The van der Waals surface area contributed by atoms with Gasteiger partial charge in [0.1, 0.15) is 5.52 Å². The highest BCUT2D eigenvalue weighted by atomic mass is 16.1. The van der Waals surface area contributed by atoms with Gasteiger partial charge in [-0.15, -0.1) is 0 Å². The van der Waals surface area contributed by atoms with E-state index in [0.717, 1.165) is 38.8 Å². The summed E-state index contributed by atoms with van der Waals surface area (Å²) in [5.74, 6) is -0.0223. The molecular weight excluding hydrogens is 348 g/mol. The Hall–Kier alpha value is -3.73. The normalized spacial score (nSPS) is 11.3. The first kappa shape index (κ1) is 16.4. The molecule has 0 saturated carbocycles. The number of carbonyl (C=O) groups is 1. The first-order valence-corrected chi connectivity index (χ1v) is 9.28. The van der Waals surface area contributed by atoms with Gasteiger partial charge < -0.3 is 9.88 Å². The molecule has 1 amide bonds. The van der Waals surface area contributed by atoms with Crippen molar-refractivity contribution >= 4 is 44.7 Å². The lowest BCUT2D eigenvalue weighted by Gasteiger charge is -2.08. The van der Waals surface area contributed by atoms with Crippen molar-refractivity contribution < 1.29 is 4.79 Å². The van der Waals surface area contributed by atoms with E-state index in [9.17, 15) is 4.79 Å². The molecule has 1 N–H and O–H groups in total. The van der Waals surface area contributed by atoms with E-state index >= 15 is 0 Å². The first-order valence-electron chi connectivity index (χ1n) is 9.28. The fourth-order valence-corrected chi connectivity index (χ4v) is 3.57. The van der Waals surface area contributed by atoms with E-state index in [4.69, 9.17) is 9.97 Å². The fraction of sp³-hybridized carbons (Fsp3) is 0.0870. The van der Waals surface area contributed by atoms with Crippen LogP contribution in [-0.4, -0.2) is 20.4 Å². The summed E-state index contributed by atoms with van der Waals surface area (Å²) in [4.78, 5) is 22.1. The monoisotopic (exact) mass is 366 g/mol. The molecule has 0 bridgehead atoms. The summed E-state index contributed by atoms with van der Waals surface area (Å²) >= 11 is 0. The summed E-state index contributed by atoms with van der Waals surface area (Å²) < 4.78 is 2.09. The highest BCUT2D eigenvalue weighted by molar-refractivity contribution is 6.06. The molecule has 5 aromatic rings. The van der Waals surface area contributed by atoms with Gasteiger partial charge in [-0.2, -0.15) is 0 Å². The molecule has 0 aliphatic heterocycles. The third-order valence-electron chi connectivity index (χ3n) is 4.88. The van der Waals surface area contributed by atoms with Crippen molar-refractivity contribution in [3.8, 4) is 0 Å². The van der Waals surface area contributed by atoms with E-state index in [1.807, 2.05) is 66.7 Å². The number of hydrogen-bond acceptors (Lipinski definition) is 3. The minimum atomic E-state index is -0.0223. The number of hydrogen-bond donors (Lipinski definition) is 1. The average molecular weight is 366 g/mol. The second kappa shape index (κ2) is 6.78. The third-order valence-corrected chi connectivity index (χ3v) is 4.88. The van der Waals surface area contributed by atoms with Crippen LogP contribution in [0.2, 0.25) is 0 Å². The molecule has 2 aromatic heterocycles. The largest absolute Gasteiger partial charge is 0.326 e. The number of amides is 1. The first-order chi connectivity index (χ1) is 13.8. The molecular formula is C23H18N4O. The second-order valence-electron chi connectivity index (χ2n) is 6.72. The molecule has 0 atom stereocenters. The van der Waals surface area contributed by atoms with Crippen LogP contribution in [0.3, 0.4) is 0 Å². The third kappa shape index (κ3) is 2.87. The minimum absolute atomic E-state index is 0.0223. The van der Waals surface area contributed by atoms with Crippen molar-refractivity contribution in [2.45, 2.75) is 13.0 Å². The molecule has 0 fully saturated rings. The Morgan fingerprint density at radius 3 is 2.32 bits per heavy atom. The molecule has 28 heavy (non-hydrogen) atoms. The molecule has 0 radical (unpaired) electrons. The number of rotatable bonds is 4. The zero-order valence-electron chi connectivity index (χ0n) is 15.2. The summed E-state index contributed by atoms with van der Waals surface area (Å²) in [5.41, 5.74) is 5.26. The molecule has 0 saturated heterocycles. The van der Waals surface area contributed by atoms with Crippen LogP contribution in [-0.2, 0) is 11.3 Å². The van der Waals surface area contributed by atoms with E-state index < -0.39 is 0 Å². The standard InChI is InChI=1S/C23H18N4O/c28-21(24-16-8-2-1-3-9-16)14-15-27-20-13-7-4-10-17(20)22-23(27)26-19-12-6-5-11-18(19)25-22/h1-13H,14-15H2,(H,24,28). The predicted molar refractivity (Wildman–Crippen MR) is 112 cm³/mol. The summed E-state index contributed by atoms with van der Waals surface area (Å²) in [6.45, 7) is 0.537. The Bertz CT molecular complexity index is 1310. The average Bonchev–Trinajstić information content (AvgIpc) is 3.04. The molecule has 0 unspecified atom stereocenters. The van der Waals surface area contributed by atoms with Gasteiger partial charge in [0.2, 0.25) is 5.91 Å². The van der Waals surface area contributed by atoms with Crippen molar-refractivity contribution in [1.82, 2.24) is 14.5 Å². The summed E-state index contributed by atoms with van der Waals surface area (Å²) in [7, 11) is 0. The SMILES string of the molecule is O=C(CCn1c2ccccc2c2nc3ccccc3nc21)Nc1ccccc1. The lowest BCUT2D eigenvalue weighted by molar-refractivity contribution is -0.116. The van der Waals surface area contributed by atoms with Crippen molar-refractivity contribution in [2.75, 3.05) is 5.32 Å². The molecule has 0 aliphatic rings. The number of anilines is 1. The van der Waals surface area contributed by atoms with E-state index in [1.54, 1.807) is 0 Å². The van der Waals surface area contributed by atoms with Crippen LogP contribution in [0.5, 0.6) is 0 Å².